The number of nitrogens with one attached hydrogen (secondary N) is 2. The fourth-order valence-corrected chi connectivity index (χ4v) is 2.05. The maximum absolute atomic E-state index is 13.7. The lowest BCUT2D eigenvalue weighted by atomic mass is 9.93. The molecule has 1 heterocycles. The van der Waals surface area contributed by atoms with Gasteiger partial charge in [-0.1, -0.05) is 20.8 Å². The quantitative estimate of drug-likeness (QED) is 0.767. The molecule has 0 amide bonds. The van der Waals surface area contributed by atoms with Gasteiger partial charge in [-0.25, -0.2) is 9.37 Å². The fourth-order valence-electron chi connectivity index (χ4n) is 2.05. The summed E-state index contributed by atoms with van der Waals surface area (Å²) in [6.45, 7) is 8.65. The average Bonchev–Trinajstić information content (AvgIpc) is 2.34. The van der Waals surface area contributed by atoms with E-state index in [-0.39, 0.29) is 11.2 Å². The number of hydrogen-bond acceptors (Lipinski definition) is 5. The van der Waals surface area contributed by atoms with E-state index in [9.17, 15) is 4.39 Å². The molecule has 0 aliphatic rings. The summed E-state index contributed by atoms with van der Waals surface area (Å²) in [4.78, 5) is 10.2. The van der Waals surface area contributed by atoms with Gasteiger partial charge in [0.05, 0.1) is 6.20 Å². The molecular formula is C14H26FN5. The molecule has 5 nitrogen and oxygen atoms in total. The van der Waals surface area contributed by atoms with Crippen LogP contribution in [0.1, 0.15) is 27.2 Å². The Morgan fingerprint density at radius 3 is 2.60 bits per heavy atom. The summed E-state index contributed by atoms with van der Waals surface area (Å²) in [5, 5.41) is 6.14. The van der Waals surface area contributed by atoms with E-state index < -0.39 is 5.82 Å². The van der Waals surface area contributed by atoms with Gasteiger partial charge in [0, 0.05) is 19.6 Å². The SMILES string of the molecule is CCCNc1ncc(F)c(NCC(C)(C)CN(C)C)n1. The number of rotatable bonds is 8. The number of aromatic nitrogens is 2. The van der Waals surface area contributed by atoms with E-state index in [2.05, 4.69) is 46.3 Å². The number of hydrogen-bond donors (Lipinski definition) is 2. The van der Waals surface area contributed by atoms with E-state index in [1.165, 1.54) is 6.20 Å². The molecule has 1 rings (SSSR count). The maximum Gasteiger partial charge on any atom is 0.224 e. The van der Waals surface area contributed by atoms with Crippen molar-refractivity contribution in [2.45, 2.75) is 27.2 Å². The number of halogens is 1. The van der Waals surface area contributed by atoms with Gasteiger partial charge in [-0.2, -0.15) is 4.98 Å². The Morgan fingerprint density at radius 1 is 1.30 bits per heavy atom. The second kappa shape index (κ2) is 7.38. The molecule has 0 saturated carbocycles. The molecule has 6 heteroatoms. The van der Waals surface area contributed by atoms with E-state index in [1.54, 1.807) is 0 Å². The molecule has 0 spiro atoms. The Balaban J connectivity index is 2.66. The van der Waals surface area contributed by atoms with Crippen LogP contribution in [0.15, 0.2) is 6.20 Å². The topological polar surface area (TPSA) is 53.1 Å². The third kappa shape index (κ3) is 5.69. The molecular weight excluding hydrogens is 257 g/mol. The van der Waals surface area contributed by atoms with Gasteiger partial charge >= 0.3 is 0 Å². The number of nitrogens with zero attached hydrogens (tertiary/aromatic N) is 3. The molecule has 0 atom stereocenters. The summed E-state index contributed by atoms with van der Waals surface area (Å²) < 4.78 is 13.7. The third-order valence-corrected chi connectivity index (χ3v) is 2.76. The van der Waals surface area contributed by atoms with Crippen LogP contribution in [0, 0.1) is 11.2 Å². The Bertz CT molecular complexity index is 420. The highest BCUT2D eigenvalue weighted by Crippen LogP contribution is 2.19. The van der Waals surface area contributed by atoms with Gasteiger partial charge in [0.15, 0.2) is 11.6 Å². The van der Waals surface area contributed by atoms with Crippen LogP contribution in [0.4, 0.5) is 16.2 Å². The highest BCUT2D eigenvalue weighted by atomic mass is 19.1. The van der Waals surface area contributed by atoms with Crippen LogP contribution in [0.25, 0.3) is 0 Å². The van der Waals surface area contributed by atoms with Crippen LogP contribution in [0.5, 0.6) is 0 Å². The van der Waals surface area contributed by atoms with Crippen LogP contribution in [-0.4, -0.2) is 48.6 Å². The van der Waals surface area contributed by atoms with E-state index in [0.29, 0.717) is 12.5 Å². The summed E-state index contributed by atoms with van der Waals surface area (Å²) in [6.07, 6.45) is 2.17. The van der Waals surface area contributed by atoms with Crippen molar-refractivity contribution in [3.8, 4) is 0 Å². The van der Waals surface area contributed by atoms with Crippen molar-refractivity contribution < 1.29 is 4.39 Å². The van der Waals surface area contributed by atoms with Crippen molar-refractivity contribution in [2.24, 2.45) is 5.41 Å². The second-order valence-electron chi connectivity index (χ2n) is 6.07. The summed E-state index contributed by atoms with van der Waals surface area (Å²) in [6, 6.07) is 0. The molecule has 0 unspecified atom stereocenters. The minimum Gasteiger partial charge on any atom is -0.367 e. The predicted octanol–water partition coefficient (Wildman–Crippen LogP) is 2.44. The molecule has 0 saturated heterocycles. The summed E-state index contributed by atoms with van der Waals surface area (Å²) >= 11 is 0. The molecule has 114 valence electrons. The third-order valence-electron chi connectivity index (χ3n) is 2.76. The zero-order valence-corrected chi connectivity index (χ0v) is 13.1. The molecule has 0 bridgehead atoms. The van der Waals surface area contributed by atoms with Gasteiger partial charge in [-0.15, -0.1) is 0 Å². The average molecular weight is 283 g/mol. The molecule has 0 fully saturated rings. The maximum atomic E-state index is 13.7. The van der Waals surface area contributed by atoms with Gasteiger partial charge in [0.1, 0.15) is 0 Å². The van der Waals surface area contributed by atoms with Crippen molar-refractivity contribution in [1.82, 2.24) is 14.9 Å². The van der Waals surface area contributed by atoms with Crippen LogP contribution in [0.3, 0.4) is 0 Å². The molecule has 0 aromatic carbocycles. The Morgan fingerprint density at radius 2 is 2.00 bits per heavy atom. The van der Waals surface area contributed by atoms with Crippen LogP contribution in [0.2, 0.25) is 0 Å². The van der Waals surface area contributed by atoms with Crippen molar-refractivity contribution in [2.75, 3.05) is 44.4 Å². The van der Waals surface area contributed by atoms with Gasteiger partial charge in [0.25, 0.3) is 0 Å². The standard InChI is InChI=1S/C14H26FN5/c1-6-7-16-13-17-8-11(15)12(19-13)18-9-14(2,3)10-20(4)5/h8H,6-7,9-10H2,1-5H3,(H2,16,17,18,19). The minimum atomic E-state index is -0.423. The molecule has 0 aliphatic carbocycles. The van der Waals surface area contributed by atoms with E-state index in [4.69, 9.17) is 0 Å². The molecule has 2 N–H and O–H groups in total. The first-order valence-corrected chi connectivity index (χ1v) is 6.99. The molecule has 20 heavy (non-hydrogen) atoms. The zero-order chi connectivity index (χ0) is 15.2. The van der Waals surface area contributed by atoms with Crippen LogP contribution in [-0.2, 0) is 0 Å². The minimum absolute atomic E-state index is 0.0257. The van der Waals surface area contributed by atoms with Gasteiger partial charge in [0.2, 0.25) is 5.95 Å². The van der Waals surface area contributed by atoms with Crippen molar-refractivity contribution in [1.29, 1.82) is 0 Å². The first-order valence-electron chi connectivity index (χ1n) is 6.99. The Hall–Kier alpha value is -1.43. The Kier molecular flexibility index (Phi) is 6.13. The predicted molar refractivity (Wildman–Crippen MR) is 81.6 cm³/mol. The first-order chi connectivity index (χ1) is 9.34. The summed E-state index contributed by atoms with van der Waals surface area (Å²) in [5.74, 6) is 0.291. The smallest absolute Gasteiger partial charge is 0.224 e. The highest BCUT2D eigenvalue weighted by molar-refractivity contribution is 5.41. The van der Waals surface area contributed by atoms with Gasteiger partial charge < -0.3 is 15.5 Å². The van der Waals surface area contributed by atoms with E-state index >= 15 is 0 Å². The van der Waals surface area contributed by atoms with Crippen molar-refractivity contribution >= 4 is 11.8 Å². The molecule has 1 aromatic heterocycles. The second-order valence-corrected chi connectivity index (χ2v) is 6.07. The van der Waals surface area contributed by atoms with Crippen LogP contribution < -0.4 is 10.6 Å². The summed E-state index contributed by atoms with van der Waals surface area (Å²) in [5.41, 5.74) is 0.0257. The van der Waals surface area contributed by atoms with Crippen LogP contribution >= 0.6 is 0 Å². The largest absolute Gasteiger partial charge is 0.367 e. The van der Waals surface area contributed by atoms with Gasteiger partial charge in [-0.3, -0.25) is 0 Å². The van der Waals surface area contributed by atoms with Gasteiger partial charge in [-0.05, 0) is 25.9 Å². The lowest BCUT2D eigenvalue weighted by molar-refractivity contribution is 0.254. The fraction of sp³-hybridized carbons (Fsp3) is 0.714. The van der Waals surface area contributed by atoms with Crippen molar-refractivity contribution in [3.63, 3.8) is 0 Å². The Labute approximate surface area is 121 Å². The van der Waals surface area contributed by atoms with E-state index in [1.807, 2.05) is 14.1 Å². The first kappa shape index (κ1) is 16.6. The zero-order valence-electron chi connectivity index (χ0n) is 13.1. The van der Waals surface area contributed by atoms with Crippen molar-refractivity contribution in [3.05, 3.63) is 12.0 Å². The number of anilines is 2. The van der Waals surface area contributed by atoms with E-state index in [0.717, 1.165) is 19.5 Å². The monoisotopic (exact) mass is 283 g/mol. The lowest BCUT2D eigenvalue weighted by Crippen LogP contribution is -2.34. The highest BCUT2D eigenvalue weighted by Gasteiger charge is 2.19. The molecule has 0 aliphatic heterocycles. The molecule has 0 radical (unpaired) electrons. The summed E-state index contributed by atoms with van der Waals surface area (Å²) in [7, 11) is 4.06. The lowest BCUT2D eigenvalue weighted by Gasteiger charge is -2.28. The normalized spacial score (nSPS) is 11.8. The molecule has 1 aromatic rings.